The number of rotatable bonds is 8. The van der Waals surface area contributed by atoms with Gasteiger partial charge in [-0.1, -0.05) is 90.8 Å². The van der Waals surface area contributed by atoms with Gasteiger partial charge in [-0.3, -0.25) is 0 Å². The Labute approximate surface area is 164 Å². The van der Waals surface area contributed by atoms with Crippen LogP contribution in [-0.2, 0) is 13.0 Å². The summed E-state index contributed by atoms with van der Waals surface area (Å²) >= 11 is 0. The number of nitrogens with one attached hydrogen (secondary N) is 1. The fourth-order valence-corrected chi connectivity index (χ4v) is 3.50. The van der Waals surface area contributed by atoms with E-state index in [1.165, 1.54) is 33.4 Å². The lowest BCUT2D eigenvalue weighted by atomic mass is 9.87. The van der Waals surface area contributed by atoms with E-state index >= 15 is 0 Å². The lowest BCUT2D eigenvalue weighted by molar-refractivity contribution is 0.611. The Kier molecular flexibility index (Phi) is 6.84. The van der Waals surface area contributed by atoms with E-state index in [9.17, 15) is 0 Å². The molecule has 0 aromatic heterocycles. The van der Waals surface area contributed by atoms with Crippen molar-refractivity contribution >= 4 is 0 Å². The fraction of sp³-hybridized carbons (Fsp3) is 0.308. The van der Waals surface area contributed by atoms with Crippen molar-refractivity contribution in [2.45, 2.75) is 46.1 Å². The van der Waals surface area contributed by atoms with E-state index in [2.05, 4.69) is 98.9 Å². The second kappa shape index (κ2) is 9.53. The molecule has 1 N–H and O–H groups in total. The molecule has 0 spiro atoms. The third kappa shape index (κ3) is 5.55. The smallest absolute Gasteiger partial charge is 0.0205 e. The second-order valence-corrected chi connectivity index (χ2v) is 7.51. The molecule has 3 aromatic rings. The average Bonchev–Trinajstić information content (AvgIpc) is 2.70. The van der Waals surface area contributed by atoms with Crippen LogP contribution in [0, 0.1) is 13.8 Å². The van der Waals surface area contributed by atoms with E-state index in [0.29, 0.717) is 5.92 Å². The van der Waals surface area contributed by atoms with Crippen molar-refractivity contribution in [3.8, 4) is 0 Å². The standard InChI is InChI=1S/C26H31N/c1-4-22-9-11-23(12-10-22)19-27-18-17-26(24-13-5-20(2)6-14-24)25-15-7-21(3)8-16-25/h5-16,26-27H,4,17-19H2,1-3H3. The molecule has 27 heavy (non-hydrogen) atoms. The van der Waals surface area contributed by atoms with Gasteiger partial charge in [0.15, 0.2) is 0 Å². The van der Waals surface area contributed by atoms with Gasteiger partial charge in [-0.25, -0.2) is 0 Å². The molecule has 0 atom stereocenters. The van der Waals surface area contributed by atoms with Crippen LogP contribution >= 0.6 is 0 Å². The second-order valence-electron chi connectivity index (χ2n) is 7.51. The summed E-state index contributed by atoms with van der Waals surface area (Å²) in [7, 11) is 0. The number of aryl methyl sites for hydroxylation is 3. The highest BCUT2D eigenvalue weighted by atomic mass is 14.8. The molecule has 0 unspecified atom stereocenters. The minimum atomic E-state index is 0.432. The van der Waals surface area contributed by atoms with E-state index in [-0.39, 0.29) is 0 Å². The van der Waals surface area contributed by atoms with E-state index in [0.717, 1.165) is 25.9 Å². The van der Waals surface area contributed by atoms with Crippen LogP contribution in [0.5, 0.6) is 0 Å². The van der Waals surface area contributed by atoms with Gasteiger partial charge >= 0.3 is 0 Å². The Morgan fingerprint density at radius 1 is 0.667 bits per heavy atom. The molecule has 0 saturated carbocycles. The van der Waals surface area contributed by atoms with Crippen LogP contribution in [0.2, 0.25) is 0 Å². The van der Waals surface area contributed by atoms with Crippen LogP contribution in [0.25, 0.3) is 0 Å². The van der Waals surface area contributed by atoms with Crippen LogP contribution in [0.3, 0.4) is 0 Å². The van der Waals surface area contributed by atoms with Gasteiger partial charge < -0.3 is 5.32 Å². The molecule has 0 heterocycles. The molecule has 3 rings (SSSR count). The predicted octanol–water partition coefficient (Wildman–Crippen LogP) is 6.18. The van der Waals surface area contributed by atoms with Gasteiger partial charge in [0.1, 0.15) is 0 Å². The minimum Gasteiger partial charge on any atom is -0.313 e. The number of benzene rings is 3. The molecule has 0 aliphatic heterocycles. The van der Waals surface area contributed by atoms with Crippen LogP contribution < -0.4 is 5.32 Å². The third-order valence-electron chi connectivity index (χ3n) is 5.33. The molecular formula is C26H31N. The minimum absolute atomic E-state index is 0.432. The summed E-state index contributed by atoms with van der Waals surface area (Å²) in [4.78, 5) is 0. The predicted molar refractivity (Wildman–Crippen MR) is 116 cm³/mol. The SMILES string of the molecule is CCc1ccc(CNCCC(c2ccc(C)cc2)c2ccc(C)cc2)cc1. The van der Waals surface area contributed by atoms with E-state index in [1.807, 2.05) is 0 Å². The van der Waals surface area contributed by atoms with Crippen molar-refractivity contribution < 1.29 is 0 Å². The molecule has 1 heteroatoms. The first-order chi connectivity index (χ1) is 13.2. The highest BCUT2D eigenvalue weighted by Crippen LogP contribution is 2.28. The first kappa shape index (κ1) is 19.4. The van der Waals surface area contributed by atoms with Crippen molar-refractivity contribution in [1.82, 2.24) is 5.32 Å². The Morgan fingerprint density at radius 3 is 1.63 bits per heavy atom. The molecule has 1 nitrogen and oxygen atoms in total. The summed E-state index contributed by atoms with van der Waals surface area (Å²) in [5, 5.41) is 3.63. The normalized spacial score (nSPS) is 11.1. The summed E-state index contributed by atoms with van der Waals surface area (Å²) < 4.78 is 0. The zero-order valence-corrected chi connectivity index (χ0v) is 16.8. The van der Waals surface area contributed by atoms with Crippen molar-refractivity contribution in [3.05, 3.63) is 106 Å². The van der Waals surface area contributed by atoms with Crippen molar-refractivity contribution in [2.75, 3.05) is 6.54 Å². The molecule has 0 saturated heterocycles. The van der Waals surface area contributed by atoms with Gasteiger partial charge in [0.2, 0.25) is 0 Å². The Bertz CT molecular complexity index is 768. The van der Waals surface area contributed by atoms with E-state index < -0.39 is 0 Å². The topological polar surface area (TPSA) is 12.0 Å². The molecular weight excluding hydrogens is 326 g/mol. The third-order valence-corrected chi connectivity index (χ3v) is 5.33. The van der Waals surface area contributed by atoms with E-state index in [4.69, 9.17) is 0 Å². The van der Waals surface area contributed by atoms with Crippen LogP contribution in [0.15, 0.2) is 72.8 Å². The van der Waals surface area contributed by atoms with E-state index in [1.54, 1.807) is 0 Å². The average molecular weight is 358 g/mol. The van der Waals surface area contributed by atoms with Gasteiger partial charge in [-0.2, -0.15) is 0 Å². The zero-order valence-electron chi connectivity index (χ0n) is 16.8. The maximum absolute atomic E-state index is 3.63. The highest BCUT2D eigenvalue weighted by Gasteiger charge is 2.13. The number of hydrogen-bond acceptors (Lipinski definition) is 1. The van der Waals surface area contributed by atoms with Gasteiger partial charge in [-0.05, 0) is 55.5 Å². The molecule has 0 fully saturated rings. The summed E-state index contributed by atoms with van der Waals surface area (Å²) in [5.41, 5.74) is 8.19. The maximum atomic E-state index is 3.63. The maximum Gasteiger partial charge on any atom is 0.0205 e. The summed E-state index contributed by atoms with van der Waals surface area (Å²) in [6.07, 6.45) is 2.20. The van der Waals surface area contributed by atoms with Crippen LogP contribution in [0.4, 0.5) is 0 Å². The highest BCUT2D eigenvalue weighted by molar-refractivity contribution is 5.35. The van der Waals surface area contributed by atoms with Crippen molar-refractivity contribution in [2.24, 2.45) is 0 Å². The summed E-state index contributed by atoms with van der Waals surface area (Å²) in [6.45, 7) is 8.43. The zero-order chi connectivity index (χ0) is 19.1. The first-order valence-electron chi connectivity index (χ1n) is 10.1. The number of hydrogen-bond donors (Lipinski definition) is 1. The van der Waals surface area contributed by atoms with Crippen LogP contribution in [-0.4, -0.2) is 6.54 Å². The lowest BCUT2D eigenvalue weighted by Gasteiger charge is -2.19. The van der Waals surface area contributed by atoms with Gasteiger partial charge in [0.25, 0.3) is 0 Å². The van der Waals surface area contributed by atoms with Crippen molar-refractivity contribution in [3.63, 3.8) is 0 Å². The molecule has 0 radical (unpaired) electrons. The van der Waals surface area contributed by atoms with Crippen molar-refractivity contribution in [1.29, 1.82) is 0 Å². The fourth-order valence-electron chi connectivity index (χ4n) is 3.50. The largest absolute Gasteiger partial charge is 0.313 e. The van der Waals surface area contributed by atoms with Gasteiger partial charge in [-0.15, -0.1) is 0 Å². The Morgan fingerprint density at radius 2 is 1.15 bits per heavy atom. The summed E-state index contributed by atoms with van der Waals surface area (Å²) in [5.74, 6) is 0.432. The molecule has 3 aromatic carbocycles. The monoisotopic (exact) mass is 357 g/mol. The van der Waals surface area contributed by atoms with Crippen LogP contribution in [0.1, 0.15) is 52.6 Å². The summed E-state index contributed by atoms with van der Waals surface area (Å²) in [6, 6.07) is 27.0. The molecule has 140 valence electrons. The lowest BCUT2D eigenvalue weighted by Crippen LogP contribution is -2.18. The van der Waals surface area contributed by atoms with Gasteiger partial charge in [0.05, 0.1) is 0 Å². The molecule has 0 amide bonds. The van der Waals surface area contributed by atoms with Gasteiger partial charge in [0, 0.05) is 12.5 Å². The quantitative estimate of drug-likeness (QED) is 0.475. The first-order valence-corrected chi connectivity index (χ1v) is 10.1. The molecule has 0 aliphatic carbocycles. The Balaban J connectivity index is 1.64. The molecule has 0 bridgehead atoms. The molecule has 0 aliphatic rings. The Hall–Kier alpha value is -2.38.